The topological polar surface area (TPSA) is 68.0 Å². The summed E-state index contributed by atoms with van der Waals surface area (Å²) < 4.78 is 0. The number of halogens is 1. The van der Waals surface area contributed by atoms with Gasteiger partial charge in [-0.1, -0.05) is 19.8 Å². The molecule has 1 saturated carbocycles. The summed E-state index contributed by atoms with van der Waals surface area (Å²) in [5.41, 5.74) is 6.02. The lowest BCUT2D eigenvalue weighted by atomic mass is 9.82. The van der Waals surface area contributed by atoms with Crippen LogP contribution in [0.25, 0.3) is 0 Å². The molecule has 0 aliphatic heterocycles. The van der Waals surface area contributed by atoms with E-state index in [1.54, 1.807) is 0 Å². The molecule has 1 aromatic rings. The van der Waals surface area contributed by atoms with Crippen LogP contribution in [-0.2, 0) is 6.42 Å². The molecular formula is C14H24ClN3OS. The highest BCUT2D eigenvalue weighted by Gasteiger charge is 2.20. The maximum absolute atomic E-state index is 12.0. The number of hydrogen-bond donors (Lipinski definition) is 2. The van der Waals surface area contributed by atoms with Gasteiger partial charge in [-0.15, -0.1) is 23.7 Å². The van der Waals surface area contributed by atoms with Crippen molar-refractivity contribution in [2.75, 3.05) is 13.1 Å². The van der Waals surface area contributed by atoms with Crippen LogP contribution >= 0.6 is 23.7 Å². The van der Waals surface area contributed by atoms with Crippen molar-refractivity contribution >= 4 is 29.7 Å². The summed E-state index contributed by atoms with van der Waals surface area (Å²) in [6.45, 7) is 3.66. The number of nitrogens with one attached hydrogen (secondary N) is 1. The summed E-state index contributed by atoms with van der Waals surface area (Å²) in [5.74, 6) is 1.39. The van der Waals surface area contributed by atoms with Gasteiger partial charge in [0.25, 0.3) is 5.91 Å². The van der Waals surface area contributed by atoms with E-state index in [0.29, 0.717) is 18.2 Å². The van der Waals surface area contributed by atoms with Gasteiger partial charge in [-0.2, -0.15) is 0 Å². The Kier molecular flexibility index (Phi) is 7.48. The predicted octanol–water partition coefficient (Wildman–Crippen LogP) is 2.62. The van der Waals surface area contributed by atoms with Crippen LogP contribution in [0.2, 0.25) is 0 Å². The number of carbonyl (C=O) groups is 1. The molecule has 1 aliphatic carbocycles. The molecule has 1 heterocycles. The van der Waals surface area contributed by atoms with Crippen molar-refractivity contribution < 1.29 is 4.79 Å². The van der Waals surface area contributed by atoms with Crippen molar-refractivity contribution in [2.45, 2.75) is 39.0 Å². The lowest BCUT2D eigenvalue weighted by molar-refractivity contribution is 0.0936. The minimum Gasteiger partial charge on any atom is -0.350 e. The second-order valence-electron chi connectivity index (χ2n) is 5.51. The number of carbonyl (C=O) groups excluding carboxylic acids is 1. The van der Waals surface area contributed by atoms with Crippen LogP contribution in [0, 0.1) is 11.8 Å². The van der Waals surface area contributed by atoms with Gasteiger partial charge >= 0.3 is 0 Å². The molecule has 0 radical (unpaired) electrons. The molecule has 0 spiro atoms. The molecule has 1 fully saturated rings. The molecule has 20 heavy (non-hydrogen) atoms. The van der Waals surface area contributed by atoms with Crippen molar-refractivity contribution in [3.8, 4) is 0 Å². The molecular weight excluding hydrogens is 294 g/mol. The van der Waals surface area contributed by atoms with E-state index in [9.17, 15) is 4.79 Å². The Labute approximate surface area is 131 Å². The lowest BCUT2D eigenvalue weighted by Gasteiger charge is -2.26. The van der Waals surface area contributed by atoms with Gasteiger partial charge in [0.2, 0.25) is 0 Å². The van der Waals surface area contributed by atoms with Gasteiger partial charge in [0.1, 0.15) is 5.69 Å². The molecule has 1 amide bonds. The molecule has 0 aromatic carbocycles. The van der Waals surface area contributed by atoms with Crippen molar-refractivity contribution in [1.82, 2.24) is 10.3 Å². The number of aromatic nitrogens is 1. The average Bonchev–Trinajstić information content (AvgIpc) is 2.85. The number of amides is 1. The Hall–Kier alpha value is -0.650. The lowest BCUT2D eigenvalue weighted by Crippen LogP contribution is -2.31. The molecule has 2 atom stereocenters. The van der Waals surface area contributed by atoms with Crippen LogP contribution in [-0.4, -0.2) is 24.0 Å². The number of hydrogen-bond acceptors (Lipinski definition) is 4. The largest absolute Gasteiger partial charge is 0.350 e. The van der Waals surface area contributed by atoms with E-state index in [-0.39, 0.29) is 18.3 Å². The minimum absolute atomic E-state index is 0. The SMILES string of the molecule is CC1CCCC(CNC(=O)c2csc(CCN)n2)C1.Cl. The van der Waals surface area contributed by atoms with E-state index < -0.39 is 0 Å². The quantitative estimate of drug-likeness (QED) is 0.877. The van der Waals surface area contributed by atoms with Gasteiger partial charge in [-0.05, 0) is 31.2 Å². The van der Waals surface area contributed by atoms with Gasteiger partial charge in [-0.3, -0.25) is 4.79 Å². The van der Waals surface area contributed by atoms with Crippen molar-refractivity contribution in [3.63, 3.8) is 0 Å². The number of thiazole rings is 1. The zero-order valence-corrected chi connectivity index (χ0v) is 13.6. The van der Waals surface area contributed by atoms with Crippen LogP contribution in [0.4, 0.5) is 0 Å². The Balaban J connectivity index is 0.00000200. The molecule has 3 N–H and O–H groups in total. The maximum Gasteiger partial charge on any atom is 0.270 e. The van der Waals surface area contributed by atoms with E-state index in [2.05, 4.69) is 17.2 Å². The molecule has 4 nitrogen and oxygen atoms in total. The number of nitrogens with zero attached hydrogens (tertiary/aromatic N) is 1. The standard InChI is InChI=1S/C14H23N3OS.ClH/c1-10-3-2-4-11(7-10)8-16-14(18)12-9-19-13(17-12)5-6-15;/h9-11H,2-8,15H2,1H3,(H,16,18);1H. The first-order chi connectivity index (χ1) is 9.19. The number of rotatable bonds is 5. The highest BCUT2D eigenvalue weighted by Crippen LogP contribution is 2.27. The monoisotopic (exact) mass is 317 g/mol. The zero-order valence-electron chi connectivity index (χ0n) is 11.9. The third kappa shape index (κ3) is 5.04. The maximum atomic E-state index is 12.0. The van der Waals surface area contributed by atoms with E-state index in [1.807, 2.05) is 5.38 Å². The molecule has 6 heteroatoms. The summed E-state index contributed by atoms with van der Waals surface area (Å²) in [4.78, 5) is 16.3. The second-order valence-corrected chi connectivity index (χ2v) is 6.46. The third-order valence-electron chi connectivity index (χ3n) is 3.74. The van der Waals surface area contributed by atoms with Crippen molar-refractivity contribution in [1.29, 1.82) is 0 Å². The van der Waals surface area contributed by atoms with Gasteiger partial charge in [0.15, 0.2) is 0 Å². The zero-order chi connectivity index (χ0) is 13.7. The Morgan fingerprint density at radius 2 is 2.35 bits per heavy atom. The van der Waals surface area contributed by atoms with Gasteiger partial charge < -0.3 is 11.1 Å². The smallest absolute Gasteiger partial charge is 0.270 e. The summed E-state index contributed by atoms with van der Waals surface area (Å²) in [5, 5.41) is 5.79. The van der Waals surface area contributed by atoms with Crippen LogP contribution < -0.4 is 11.1 Å². The van der Waals surface area contributed by atoms with E-state index in [0.717, 1.165) is 23.9 Å². The van der Waals surface area contributed by atoms with Crippen LogP contribution in [0.5, 0.6) is 0 Å². The minimum atomic E-state index is -0.0438. The number of nitrogens with two attached hydrogens (primary N) is 1. The van der Waals surface area contributed by atoms with Gasteiger partial charge in [0, 0.05) is 18.3 Å². The Morgan fingerprint density at radius 3 is 3.05 bits per heavy atom. The summed E-state index contributed by atoms with van der Waals surface area (Å²) >= 11 is 1.51. The van der Waals surface area contributed by atoms with E-state index in [4.69, 9.17) is 5.73 Å². The molecule has 1 aliphatic rings. The Morgan fingerprint density at radius 1 is 1.55 bits per heavy atom. The second kappa shape index (κ2) is 8.60. The average molecular weight is 318 g/mol. The fourth-order valence-electron chi connectivity index (χ4n) is 2.73. The fraction of sp³-hybridized carbons (Fsp3) is 0.714. The van der Waals surface area contributed by atoms with E-state index >= 15 is 0 Å². The summed E-state index contributed by atoms with van der Waals surface area (Å²) in [6.07, 6.45) is 5.84. The van der Waals surface area contributed by atoms with E-state index in [1.165, 1.54) is 37.0 Å². The van der Waals surface area contributed by atoms with Crippen molar-refractivity contribution in [3.05, 3.63) is 16.1 Å². The fourth-order valence-corrected chi connectivity index (χ4v) is 3.52. The van der Waals surface area contributed by atoms with Crippen molar-refractivity contribution in [2.24, 2.45) is 17.6 Å². The normalized spacial score (nSPS) is 22.1. The third-order valence-corrected chi connectivity index (χ3v) is 4.65. The molecule has 2 unspecified atom stereocenters. The van der Waals surface area contributed by atoms with Crippen LogP contribution in [0.1, 0.15) is 48.1 Å². The molecule has 0 bridgehead atoms. The Bertz CT molecular complexity index is 424. The van der Waals surface area contributed by atoms with Crippen LogP contribution in [0.15, 0.2) is 5.38 Å². The molecule has 2 rings (SSSR count). The van der Waals surface area contributed by atoms with Gasteiger partial charge in [0.05, 0.1) is 5.01 Å². The predicted molar refractivity (Wildman–Crippen MR) is 85.6 cm³/mol. The highest BCUT2D eigenvalue weighted by atomic mass is 35.5. The van der Waals surface area contributed by atoms with Gasteiger partial charge in [-0.25, -0.2) is 4.98 Å². The highest BCUT2D eigenvalue weighted by molar-refractivity contribution is 7.09. The first kappa shape index (κ1) is 17.4. The molecule has 0 saturated heterocycles. The van der Waals surface area contributed by atoms with Crippen LogP contribution in [0.3, 0.4) is 0 Å². The first-order valence-corrected chi connectivity index (χ1v) is 7.99. The summed E-state index contributed by atoms with van der Waals surface area (Å²) in [6, 6.07) is 0. The molecule has 114 valence electrons. The molecule has 1 aromatic heterocycles. The first-order valence-electron chi connectivity index (χ1n) is 7.11. The summed E-state index contributed by atoms with van der Waals surface area (Å²) in [7, 11) is 0.